The van der Waals surface area contributed by atoms with E-state index in [9.17, 15) is 4.79 Å². The third kappa shape index (κ3) is 2.93. The summed E-state index contributed by atoms with van der Waals surface area (Å²) >= 11 is 0. The lowest BCUT2D eigenvalue weighted by Crippen LogP contribution is -2.12. The maximum atomic E-state index is 12.1. The highest BCUT2D eigenvalue weighted by Crippen LogP contribution is 2.22. The Balaban J connectivity index is 1.49. The number of para-hydroxylation sites is 1. The van der Waals surface area contributed by atoms with Crippen LogP contribution in [0.4, 0.5) is 0 Å². The quantitative estimate of drug-likeness (QED) is 0.776. The van der Waals surface area contributed by atoms with Gasteiger partial charge in [0.25, 0.3) is 5.56 Å². The van der Waals surface area contributed by atoms with Gasteiger partial charge >= 0.3 is 0 Å². The number of imidazole rings is 1. The summed E-state index contributed by atoms with van der Waals surface area (Å²) < 4.78 is 0. The van der Waals surface area contributed by atoms with Crippen LogP contribution >= 0.6 is 0 Å². The second-order valence-electron chi connectivity index (χ2n) is 5.97. The number of allylic oxidation sites excluding steroid dienone is 4. The summed E-state index contributed by atoms with van der Waals surface area (Å²) in [5.74, 6) is 1.98. The van der Waals surface area contributed by atoms with Crippen molar-refractivity contribution in [3.63, 3.8) is 0 Å². The molecule has 0 amide bonds. The van der Waals surface area contributed by atoms with Gasteiger partial charge in [0, 0.05) is 30.7 Å². The standard InChI is InChI=1S/C19H18N4O/c24-19-14-8-4-5-9-15(14)21-18(23-19)11-10-17-20-12-16(22-17)13-6-2-1-3-7-13/h1-6,8-9,12-13H,7,10-11H2,(H,20,22)(H,21,23,24). The number of rotatable bonds is 4. The molecule has 1 aliphatic rings. The third-order valence-corrected chi connectivity index (χ3v) is 4.29. The van der Waals surface area contributed by atoms with Gasteiger partial charge in [-0.1, -0.05) is 36.4 Å². The number of aromatic amines is 2. The Bertz CT molecular complexity index is 980. The average Bonchev–Trinajstić information content (AvgIpc) is 3.10. The monoisotopic (exact) mass is 318 g/mol. The van der Waals surface area contributed by atoms with Gasteiger partial charge in [-0.25, -0.2) is 9.97 Å². The van der Waals surface area contributed by atoms with Crippen LogP contribution in [0.2, 0.25) is 0 Å². The van der Waals surface area contributed by atoms with E-state index in [0.29, 0.717) is 30.0 Å². The van der Waals surface area contributed by atoms with Gasteiger partial charge < -0.3 is 9.97 Å². The van der Waals surface area contributed by atoms with Crippen LogP contribution in [-0.2, 0) is 12.8 Å². The molecular formula is C19H18N4O. The SMILES string of the molecule is O=c1[nH]c(CCc2ncc(C3C=CC=CC3)[nH]2)nc2ccccc12. The minimum absolute atomic E-state index is 0.0881. The third-order valence-electron chi connectivity index (χ3n) is 4.29. The number of nitrogens with zero attached hydrogens (tertiary/aromatic N) is 2. The Kier molecular flexibility index (Phi) is 3.83. The predicted octanol–water partition coefficient (Wildman–Crippen LogP) is 3.03. The zero-order valence-corrected chi connectivity index (χ0v) is 13.2. The molecule has 5 heteroatoms. The van der Waals surface area contributed by atoms with E-state index in [1.54, 1.807) is 6.07 Å². The molecule has 0 saturated carbocycles. The molecule has 1 unspecified atom stereocenters. The van der Waals surface area contributed by atoms with Crippen molar-refractivity contribution in [2.24, 2.45) is 0 Å². The van der Waals surface area contributed by atoms with E-state index in [4.69, 9.17) is 0 Å². The van der Waals surface area contributed by atoms with Crippen molar-refractivity contribution in [2.75, 3.05) is 0 Å². The first-order valence-corrected chi connectivity index (χ1v) is 8.14. The van der Waals surface area contributed by atoms with Crippen LogP contribution < -0.4 is 5.56 Å². The van der Waals surface area contributed by atoms with Crippen LogP contribution in [0.25, 0.3) is 10.9 Å². The topological polar surface area (TPSA) is 74.4 Å². The molecule has 5 nitrogen and oxygen atoms in total. The molecule has 0 fully saturated rings. The van der Waals surface area contributed by atoms with Crippen molar-refractivity contribution in [1.29, 1.82) is 0 Å². The Morgan fingerprint density at radius 2 is 1.96 bits per heavy atom. The van der Waals surface area contributed by atoms with Crippen molar-refractivity contribution >= 4 is 10.9 Å². The van der Waals surface area contributed by atoms with Gasteiger partial charge in [0.15, 0.2) is 0 Å². The summed E-state index contributed by atoms with van der Waals surface area (Å²) in [6.45, 7) is 0. The predicted molar refractivity (Wildman–Crippen MR) is 94.0 cm³/mol. The Hall–Kier alpha value is -2.95. The molecule has 0 spiro atoms. The van der Waals surface area contributed by atoms with Gasteiger partial charge in [-0.05, 0) is 18.6 Å². The molecule has 24 heavy (non-hydrogen) atoms. The van der Waals surface area contributed by atoms with Crippen molar-refractivity contribution in [3.8, 4) is 0 Å². The number of hydrogen-bond acceptors (Lipinski definition) is 3. The smallest absolute Gasteiger partial charge is 0.258 e. The Morgan fingerprint density at radius 1 is 1.08 bits per heavy atom. The molecule has 0 bridgehead atoms. The summed E-state index contributed by atoms with van der Waals surface area (Å²) in [7, 11) is 0. The molecule has 2 aromatic heterocycles. The maximum Gasteiger partial charge on any atom is 0.258 e. The first-order valence-electron chi connectivity index (χ1n) is 8.14. The molecule has 4 rings (SSSR count). The van der Waals surface area contributed by atoms with Crippen LogP contribution in [0.15, 0.2) is 59.6 Å². The first kappa shape index (κ1) is 14.6. The number of aryl methyl sites for hydroxylation is 2. The van der Waals surface area contributed by atoms with Crippen molar-refractivity contribution in [3.05, 3.63) is 82.5 Å². The number of H-pyrrole nitrogens is 2. The van der Waals surface area contributed by atoms with Crippen molar-refractivity contribution in [1.82, 2.24) is 19.9 Å². The summed E-state index contributed by atoms with van der Waals surface area (Å²) in [6.07, 6.45) is 12.7. The zero-order chi connectivity index (χ0) is 16.4. The van der Waals surface area contributed by atoms with Crippen LogP contribution in [0.1, 0.15) is 29.7 Å². The second-order valence-corrected chi connectivity index (χ2v) is 5.97. The molecule has 120 valence electrons. The van der Waals surface area contributed by atoms with E-state index in [0.717, 1.165) is 23.5 Å². The number of hydrogen-bond donors (Lipinski definition) is 2. The second kappa shape index (κ2) is 6.28. The molecule has 1 aliphatic carbocycles. The van der Waals surface area contributed by atoms with Crippen molar-refractivity contribution in [2.45, 2.75) is 25.2 Å². The van der Waals surface area contributed by atoms with E-state index in [2.05, 4.69) is 44.2 Å². The first-order chi connectivity index (χ1) is 11.8. The molecule has 0 aliphatic heterocycles. The van der Waals surface area contributed by atoms with E-state index in [1.807, 2.05) is 24.4 Å². The summed E-state index contributed by atoms with van der Waals surface area (Å²) in [5, 5.41) is 0.624. The summed E-state index contributed by atoms with van der Waals surface area (Å²) in [5.41, 5.74) is 1.77. The highest BCUT2D eigenvalue weighted by molar-refractivity contribution is 5.77. The van der Waals surface area contributed by atoms with Crippen molar-refractivity contribution < 1.29 is 0 Å². The van der Waals surface area contributed by atoms with Gasteiger partial charge in [-0.15, -0.1) is 0 Å². The normalized spacial score (nSPS) is 16.8. The lowest BCUT2D eigenvalue weighted by Gasteiger charge is -2.09. The Labute approximate surface area is 139 Å². The van der Waals surface area contributed by atoms with Crippen LogP contribution in [-0.4, -0.2) is 19.9 Å². The maximum absolute atomic E-state index is 12.1. The van der Waals surface area contributed by atoms with Gasteiger partial charge in [0.2, 0.25) is 0 Å². The largest absolute Gasteiger partial charge is 0.345 e. The molecule has 2 N–H and O–H groups in total. The van der Waals surface area contributed by atoms with Gasteiger partial charge in [-0.3, -0.25) is 4.79 Å². The minimum atomic E-state index is -0.0881. The molecule has 2 heterocycles. The van der Waals surface area contributed by atoms with E-state index >= 15 is 0 Å². The zero-order valence-electron chi connectivity index (χ0n) is 13.2. The molecular weight excluding hydrogens is 300 g/mol. The fourth-order valence-corrected chi connectivity index (χ4v) is 3.00. The fourth-order valence-electron chi connectivity index (χ4n) is 3.00. The van der Waals surface area contributed by atoms with E-state index in [1.165, 1.54) is 0 Å². The molecule has 0 radical (unpaired) electrons. The number of nitrogens with one attached hydrogen (secondary N) is 2. The Morgan fingerprint density at radius 3 is 2.83 bits per heavy atom. The van der Waals surface area contributed by atoms with E-state index < -0.39 is 0 Å². The van der Waals surface area contributed by atoms with Gasteiger partial charge in [-0.2, -0.15) is 0 Å². The molecule has 1 aromatic carbocycles. The fraction of sp³-hybridized carbons (Fsp3) is 0.211. The molecule has 3 aromatic rings. The van der Waals surface area contributed by atoms with Crippen LogP contribution in [0.3, 0.4) is 0 Å². The highest BCUT2D eigenvalue weighted by atomic mass is 16.1. The molecule has 0 saturated heterocycles. The summed E-state index contributed by atoms with van der Waals surface area (Å²) in [6, 6.07) is 7.39. The number of fused-ring (bicyclic) bond motifs is 1. The average molecular weight is 318 g/mol. The van der Waals surface area contributed by atoms with Crippen LogP contribution in [0, 0.1) is 0 Å². The summed E-state index contributed by atoms with van der Waals surface area (Å²) in [4.78, 5) is 27.3. The number of aromatic nitrogens is 4. The lowest BCUT2D eigenvalue weighted by molar-refractivity contribution is 0.793. The van der Waals surface area contributed by atoms with Gasteiger partial charge in [0.1, 0.15) is 11.6 Å². The number of benzene rings is 1. The highest BCUT2D eigenvalue weighted by Gasteiger charge is 2.12. The van der Waals surface area contributed by atoms with Crippen LogP contribution in [0.5, 0.6) is 0 Å². The lowest BCUT2D eigenvalue weighted by atomic mass is 9.98. The molecule has 1 atom stereocenters. The van der Waals surface area contributed by atoms with Gasteiger partial charge in [0.05, 0.1) is 10.9 Å². The minimum Gasteiger partial charge on any atom is -0.345 e. The van der Waals surface area contributed by atoms with E-state index in [-0.39, 0.29) is 5.56 Å².